The molecule has 3 aromatic rings. The van der Waals surface area contributed by atoms with E-state index < -0.39 is 22.4 Å². The van der Waals surface area contributed by atoms with Crippen molar-refractivity contribution in [2.75, 3.05) is 13.2 Å². The van der Waals surface area contributed by atoms with Gasteiger partial charge in [-0.05, 0) is 72.5 Å². The molecule has 0 spiro atoms. The Labute approximate surface area is 272 Å². The van der Waals surface area contributed by atoms with Crippen molar-refractivity contribution in [3.8, 4) is 17.2 Å². The fourth-order valence-corrected chi connectivity index (χ4v) is 4.62. The molecule has 0 N–H and O–H groups in total. The highest BCUT2D eigenvalue weighted by Crippen LogP contribution is 2.29. The third-order valence-electron chi connectivity index (χ3n) is 7.28. The minimum absolute atomic E-state index is 0.101. The highest BCUT2D eigenvalue weighted by Gasteiger charge is 2.20. The van der Waals surface area contributed by atoms with E-state index in [-0.39, 0.29) is 11.3 Å². The standard InChI is InChI=1S/C38H45NO7/c1-3-5-7-9-11-27-44-33-20-13-30(14-21-33)17-24-36(40)32-19-25-37(35(29-32)39(42)43)46-38(41)26-18-31-15-22-34(23-16-31)45-28-12-10-8-6-4-2/h13-26,29H,3-12,27-28H2,1-2H3/b24-17+,26-18+. The van der Waals surface area contributed by atoms with Crippen LogP contribution >= 0.6 is 0 Å². The summed E-state index contributed by atoms with van der Waals surface area (Å²) in [5, 5.41) is 11.7. The first-order chi connectivity index (χ1) is 22.4. The second kappa shape index (κ2) is 20.3. The van der Waals surface area contributed by atoms with Gasteiger partial charge in [-0.15, -0.1) is 0 Å². The van der Waals surface area contributed by atoms with Crippen molar-refractivity contribution in [1.29, 1.82) is 0 Å². The van der Waals surface area contributed by atoms with Crippen LogP contribution in [0.25, 0.3) is 12.2 Å². The Hall–Kier alpha value is -4.72. The van der Waals surface area contributed by atoms with Gasteiger partial charge < -0.3 is 14.2 Å². The lowest BCUT2D eigenvalue weighted by atomic mass is 10.1. The van der Waals surface area contributed by atoms with E-state index in [0.717, 1.165) is 54.4 Å². The molecule has 0 unspecified atom stereocenters. The Morgan fingerprint density at radius 1 is 0.674 bits per heavy atom. The van der Waals surface area contributed by atoms with Gasteiger partial charge in [0.05, 0.1) is 18.1 Å². The third-order valence-corrected chi connectivity index (χ3v) is 7.28. The molecule has 0 fully saturated rings. The first-order valence-electron chi connectivity index (χ1n) is 16.3. The van der Waals surface area contributed by atoms with E-state index >= 15 is 0 Å². The number of esters is 1. The summed E-state index contributed by atoms with van der Waals surface area (Å²) in [6.45, 7) is 5.70. The van der Waals surface area contributed by atoms with Gasteiger partial charge in [-0.2, -0.15) is 0 Å². The molecule has 0 aromatic heterocycles. The number of benzene rings is 3. The number of nitro groups is 1. The van der Waals surface area contributed by atoms with Crippen LogP contribution in [0.5, 0.6) is 17.2 Å². The van der Waals surface area contributed by atoms with Crippen molar-refractivity contribution in [3.63, 3.8) is 0 Å². The van der Waals surface area contributed by atoms with Crippen LogP contribution in [0.4, 0.5) is 5.69 Å². The maximum atomic E-state index is 12.8. The highest BCUT2D eigenvalue weighted by atomic mass is 16.6. The number of unbranched alkanes of at least 4 members (excludes halogenated alkanes) is 8. The summed E-state index contributed by atoms with van der Waals surface area (Å²) in [4.78, 5) is 36.3. The Kier molecular flexibility index (Phi) is 15.8. The zero-order valence-corrected chi connectivity index (χ0v) is 27.0. The molecule has 0 amide bonds. The average molecular weight is 628 g/mol. The van der Waals surface area contributed by atoms with Gasteiger partial charge in [0.25, 0.3) is 0 Å². The molecule has 8 nitrogen and oxygen atoms in total. The summed E-state index contributed by atoms with van der Waals surface area (Å²) in [5.41, 5.74) is 1.16. The predicted octanol–water partition coefficient (Wildman–Crippen LogP) is 9.81. The normalized spacial score (nSPS) is 11.2. The van der Waals surface area contributed by atoms with E-state index in [9.17, 15) is 19.7 Å². The Morgan fingerprint density at radius 3 is 1.67 bits per heavy atom. The first-order valence-corrected chi connectivity index (χ1v) is 16.3. The van der Waals surface area contributed by atoms with Gasteiger partial charge in [-0.25, -0.2) is 4.79 Å². The molecule has 46 heavy (non-hydrogen) atoms. The number of rotatable bonds is 21. The summed E-state index contributed by atoms with van der Waals surface area (Å²) in [7, 11) is 0. The van der Waals surface area contributed by atoms with Crippen LogP contribution in [0.15, 0.2) is 78.9 Å². The zero-order valence-electron chi connectivity index (χ0n) is 27.0. The van der Waals surface area contributed by atoms with Crippen LogP contribution < -0.4 is 14.2 Å². The van der Waals surface area contributed by atoms with Gasteiger partial charge in [0, 0.05) is 17.7 Å². The Balaban J connectivity index is 1.51. The topological polar surface area (TPSA) is 105 Å². The van der Waals surface area contributed by atoms with Crippen LogP contribution in [0.1, 0.15) is 99.5 Å². The largest absolute Gasteiger partial charge is 0.494 e. The quantitative estimate of drug-likeness (QED) is 0.0220. The van der Waals surface area contributed by atoms with Crippen molar-refractivity contribution in [3.05, 3.63) is 106 Å². The van der Waals surface area contributed by atoms with E-state index in [1.165, 1.54) is 62.8 Å². The van der Waals surface area contributed by atoms with Gasteiger partial charge in [-0.3, -0.25) is 14.9 Å². The van der Waals surface area contributed by atoms with Gasteiger partial charge in [-0.1, -0.05) is 95.6 Å². The van der Waals surface area contributed by atoms with Crippen LogP contribution in [0.3, 0.4) is 0 Å². The molecule has 8 heteroatoms. The van der Waals surface area contributed by atoms with E-state index in [0.29, 0.717) is 13.2 Å². The summed E-state index contributed by atoms with van der Waals surface area (Å²) in [6.07, 6.45) is 17.4. The first kappa shape index (κ1) is 35.8. The molecule has 3 rings (SSSR count). The summed E-state index contributed by atoms with van der Waals surface area (Å²) in [5.74, 6) is 0.0712. The average Bonchev–Trinajstić information content (AvgIpc) is 3.07. The number of carbonyl (C=O) groups excluding carboxylic acids is 2. The molecule has 0 aliphatic carbocycles. The second-order valence-corrected chi connectivity index (χ2v) is 11.1. The molecule has 0 heterocycles. The van der Waals surface area contributed by atoms with Crippen molar-refractivity contribution < 1.29 is 28.7 Å². The molecule has 0 radical (unpaired) electrons. The maximum absolute atomic E-state index is 12.8. The lowest BCUT2D eigenvalue weighted by Crippen LogP contribution is -2.07. The molecule has 244 valence electrons. The molecule has 0 aliphatic rings. The fraction of sp³-hybridized carbons (Fsp3) is 0.368. The number of nitro benzene ring substituents is 1. The molecule has 0 saturated heterocycles. The summed E-state index contributed by atoms with van der Waals surface area (Å²) >= 11 is 0. The van der Waals surface area contributed by atoms with Gasteiger partial charge in [0.1, 0.15) is 11.5 Å². The number of nitrogens with zero attached hydrogens (tertiary/aromatic N) is 1. The lowest BCUT2D eigenvalue weighted by molar-refractivity contribution is -0.385. The number of ketones is 1. The molecule has 3 aromatic carbocycles. The fourth-order valence-electron chi connectivity index (χ4n) is 4.62. The van der Waals surface area contributed by atoms with Gasteiger partial charge >= 0.3 is 11.7 Å². The SMILES string of the molecule is CCCCCCCOc1ccc(/C=C/C(=O)Oc2ccc(C(=O)/C=C/c3ccc(OCCCCCCC)cc3)cc2[N+](=O)[O-])cc1. The monoisotopic (exact) mass is 627 g/mol. The number of carbonyl (C=O) groups is 2. The summed E-state index contributed by atoms with van der Waals surface area (Å²) in [6, 6.07) is 18.4. The van der Waals surface area contributed by atoms with Crippen LogP contribution in [-0.4, -0.2) is 29.9 Å². The van der Waals surface area contributed by atoms with Gasteiger partial charge in [0.15, 0.2) is 5.78 Å². The van der Waals surface area contributed by atoms with Crippen molar-refractivity contribution in [2.45, 2.75) is 78.1 Å². The molecule has 0 aliphatic heterocycles. The summed E-state index contributed by atoms with van der Waals surface area (Å²) < 4.78 is 16.8. The van der Waals surface area contributed by atoms with Crippen molar-refractivity contribution >= 4 is 29.6 Å². The van der Waals surface area contributed by atoms with Crippen LogP contribution in [0, 0.1) is 10.1 Å². The zero-order chi connectivity index (χ0) is 33.0. The van der Waals surface area contributed by atoms with E-state index in [1.54, 1.807) is 12.2 Å². The number of ether oxygens (including phenoxy) is 3. The smallest absolute Gasteiger partial charge is 0.336 e. The minimum Gasteiger partial charge on any atom is -0.494 e. The predicted molar refractivity (Wildman–Crippen MR) is 183 cm³/mol. The van der Waals surface area contributed by atoms with Crippen LogP contribution in [-0.2, 0) is 4.79 Å². The Morgan fingerprint density at radius 2 is 1.17 bits per heavy atom. The van der Waals surface area contributed by atoms with Crippen LogP contribution in [0.2, 0.25) is 0 Å². The molecule has 0 bridgehead atoms. The number of hydrogen-bond donors (Lipinski definition) is 0. The van der Waals surface area contributed by atoms with E-state index in [1.807, 2.05) is 48.5 Å². The Bertz CT molecular complexity index is 1440. The third kappa shape index (κ3) is 13.1. The lowest BCUT2D eigenvalue weighted by Gasteiger charge is -2.06. The molecular weight excluding hydrogens is 582 g/mol. The molecule has 0 saturated carbocycles. The van der Waals surface area contributed by atoms with Crippen molar-refractivity contribution in [1.82, 2.24) is 0 Å². The number of allylic oxidation sites excluding steroid dienone is 1. The number of hydrogen-bond acceptors (Lipinski definition) is 7. The minimum atomic E-state index is -0.779. The molecule has 0 atom stereocenters. The van der Waals surface area contributed by atoms with E-state index in [2.05, 4.69) is 13.8 Å². The maximum Gasteiger partial charge on any atom is 0.336 e. The van der Waals surface area contributed by atoms with Crippen molar-refractivity contribution in [2.24, 2.45) is 0 Å². The van der Waals surface area contributed by atoms with E-state index in [4.69, 9.17) is 14.2 Å². The molecular formula is C38H45NO7. The van der Waals surface area contributed by atoms with Gasteiger partial charge in [0.2, 0.25) is 5.75 Å². The second-order valence-electron chi connectivity index (χ2n) is 11.1. The highest BCUT2D eigenvalue weighted by molar-refractivity contribution is 6.07.